The number of rotatable bonds is 7. The zero-order valence-electron chi connectivity index (χ0n) is 11.1. The molecule has 1 aromatic rings. The maximum atomic E-state index is 12.2. The van der Waals surface area contributed by atoms with E-state index in [4.69, 9.17) is 10.3 Å². The summed E-state index contributed by atoms with van der Waals surface area (Å²) in [4.78, 5) is 0.129. The summed E-state index contributed by atoms with van der Waals surface area (Å²) in [5.41, 5.74) is 5.97. The quantitative estimate of drug-likeness (QED) is 0.430. The molecule has 0 saturated heterocycles. The molecule has 0 aliphatic heterocycles. The van der Waals surface area contributed by atoms with Crippen molar-refractivity contribution in [3.05, 3.63) is 24.3 Å². The number of unbranched alkanes of at least 4 members (excludes halogenated alkanes) is 1. The molecule has 9 heteroatoms. The van der Waals surface area contributed by atoms with Gasteiger partial charge in [-0.15, -0.1) is 0 Å². The molecule has 0 radical (unpaired) electrons. The third-order valence-corrected chi connectivity index (χ3v) is 5.39. The van der Waals surface area contributed by atoms with Crippen LogP contribution in [0.15, 0.2) is 29.2 Å². The van der Waals surface area contributed by atoms with Crippen molar-refractivity contribution < 1.29 is 21.4 Å². The summed E-state index contributed by atoms with van der Waals surface area (Å²) >= 11 is 0. The number of nitrogens with two attached hydrogens (primary N) is 1. The Balaban J connectivity index is 2.62. The molecule has 20 heavy (non-hydrogen) atoms. The molecule has 0 saturated carbocycles. The molecule has 0 aromatic heterocycles. The summed E-state index contributed by atoms with van der Waals surface area (Å²) in [5.74, 6) is -0.372. The lowest BCUT2D eigenvalue weighted by Gasteiger charge is -2.17. The largest absolute Gasteiger partial charge is 0.399 e. The Hall–Kier alpha value is -1.16. The molecular weight excluding hydrogens is 304 g/mol. The maximum absolute atomic E-state index is 12.2. The monoisotopic (exact) mass is 322 g/mol. The molecule has 0 amide bonds. The van der Waals surface area contributed by atoms with E-state index in [2.05, 4.69) is 0 Å². The van der Waals surface area contributed by atoms with Gasteiger partial charge in [-0.2, -0.15) is 8.42 Å². The van der Waals surface area contributed by atoms with Crippen molar-refractivity contribution >= 4 is 25.8 Å². The summed E-state index contributed by atoms with van der Waals surface area (Å²) in [6, 6.07) is 5.83. The molecule has 7 nitrogen and oxygen atoms in total. The van der Waals surface area contributed by atoms with Gasteiger partial charge in [0.15, 0.2) is 0 Å². The number of nitrogens with zero attached hydrogens (tertiary/aromatic N) is 1. The minimum Gasteiger partial charge on any atom is -0.399 e. The fourth-order valence-electron chi connectivity index (χ4n) is 1.56. The van der Waals surface area contributed by atoms with Crippen molar-refractivity contribution in [2.24, 2.45) is 0 Å². The van der Waals surface area contributed by atoms with Crippen LogP contribution >= 0.6 is 0 Å². The molecule has 0 atom stereocenters. The van der Waals surface area contributed by atoms with Crippen LogP contribution in [0.4, 0.5) is 5.69 Å². The molecule has 0 heterocycles. The number of nitrogen functional groups attached to an aromatic ring is 1. The van der Waals surface area contributed by atoms with E-state index in [1.165, 1.54) is 31.3 Å². The van der Waals surface area contributed by atoms with E-state index in [1.54, 1.807) is 0 Å². The first-order valence-electron chi connectivity index (χ1n) is 5.90. The zero-order valence-corrected chi connectivity index (χ0v) is 12.7. The number of anilines is 1. The Morgan fingerprint density at radius 1 is 1.10 bits per heavy atom. The summed E-state index contributed by atoms with van der Waals surface area (Å²) < 4.78 is 55.1. The Labute approximate surface area is 119 Å². The lowest BCUT2D eigenvalue weighted by Crippen LogP contribution is -2.28. The molecule has 3 N–H and O–H groups in total. The van der Waals surface area contributed by atoms with E-state index in [-0.39, 0.29) is 23.6 Å². The predicted molar refractivity (Wildman–Crippen MR) is 76.3 cm³/mol. The van der Waals surface area contributed by atoms with E-state index in [9.17, 15) is 16.8 Å². The number of hydrogen-bond acceptors (Lipinski definition) is 5. The van der Waals surface area contributed by atoms with Crippen LogP contribution in [0, 0.1) is 0 Å². The molecule has 1 rings (SSSR count). The minimum atomic E-state index is -4.00. The summed E-state index contributed by atoms with van der Waals surface area (Å²) in [6.07, 6.45) is 0.533. The smallest absolute Gasteiger partial charge is 0.264 e. The van der Waals surface area contributed by atoms with Gasteiger partial charge in [0, 0.05) is 19.3 Å². The first kappa shape index (κ1) is 16.9. The van der Waals surface area contributed by atoms with Crippen LogP contribution in [0.2, 0.25) is 0 Å². The van der Waals surface area contributed by atoms with E-state index < -0.39 is 20.1 Å². The molecule has 0 unspecified atom stereocenters. The second kappa shape index (κ2) is 6.53. The first-order chi connectivity index (χ1) is 9.13. The van der Waals surface area contributed by atoms with Gasteiger partial charge in [0.25, 0.3) is 10.1 Å². The third-order valence-electron chi connectivity index (χ3n) is 2.71. The van der Waals surface area contributed by atoms with Gasteiger partial charge in [0.2, 0.25) is 10.0 Å². The Morgan fingerprint density at radius 2 is 1.65 bits per heavy atom. The van der Waals surface area contributed by atoms with Crippen molar-refractivity contribution in [2.45, 2.75) is 17.7 Å². The number of hydrogen-bond donors (Lipinski definition) is 2. The Bertz CT molecular complexity index is 638. The standard InChI is InChI=1S/C11H18N2O5S2/c1-13(8-2-3-9-19(14,15)16)20(17,18)11-6-4-10(12)5-7-11/h4-7H,2-3,8-9,12H2,1H3,(H,14,15,16). The maximum Gasteiger partial charge on any atom is 0.264 e. The molecule has 0 bridgehead atoms. The SMILES string of the molecule is CN(CCCCS(=O)(=O)O)S(=O)(=O)c1ccc(N)cc1. The topological polar surface area (TPSA) is 118 Å². The highest BCUT2D eigenvalue weighted by Crippen LogP contribution is 2.16. The molecule has 114 valence electrons. The van der Waals surface area contributed by atoms with Gasteiger partial charge < -0.3 is 5.73 Å². The van der Waals surface area contributed by atoms with Gasteiger partial charge in [-0.05, 0) is 37.1 Å². The highest BCUT2D eigenvalue weighted by atomic mass is 32.2. The molecule has 0 fully saturated rings. The predicted octanol–water partition coefficient (Wildman–Crippen LogP) is 0.557. The Kier molecular flexibility index (Phi) is 5.51. The molecule has 0 aliphatic carbocycles. The fraction of sp³-hybridized carbons (Fsp3) is 0.455. The average Bonchev–Trinajstić information content (AvgIpc) is 2.33. The molecule has 0 spiro atoms. The number of benzene rings is 1. The summed E-state index contributed by atoms with van der Waals surface area (Å²) in [7, 11) is -6.19. The van der Waals surface area contributed by atoms with E-state index in [1.807, 2.05) is 0 Å². The third kappa shape index (κ3) is 5.08. The lowest BCUT2D eigenvalue weighted by atomic mass is 10.3. The van der Waals surface area contributed by atoms with Crippen LogP contribution in [-0.4, -0.2) is 45.0 Å². The van der Waals surface area contributed by atoms with Crippen LogP contribution in [0.25, 0.3) is 0 Å². The van der Waals surface area contributed by atoms with Crippen LogP contribution in [0.5, 0.6) is 0 Å². The summed E-state index contributed by atoms with van der Waals surface area (Å²) in [6.45, 7) is 0.169. The van der Waals surface area contributed by atoms with Crippen LogP contribution in [-0.2, 0) is 20.1 Å². The second-order valence-electron chi connectivity index (χ2n) is 4.39. The average molecular weight is 322 g/mol. The van der Waals surface area contributed by atoms with Crippen LogP contribution in [0.1, 0.15) is 12.8 Å². The van der Waals surface area contributed by atoms with Crippen molar-refractivity contribution in [3.63, 3.8) is 0 Å². The van der Waals surface area contributed by atoms with Crippen molar-refractivity contribution in [1.29, 1.82) is 0 Å². The molecule has 1 aromatic carbocycles. The van der Waals surface area contributed by atoms with Gasteiger partial charge in [0.1, 0.15) is 0 Å². The zero-order chi connectivity index (χ0) is 15.4. The lowest BCUT2D eigenvalue weighted by molar-refractivity contribution is 0.453. The molecular formula is C11H18N2O5S2. The summed E-state index contributed by atoms with van der Waals surface area (Å²) in [5, 5.41) is 0. The van der Waals surface area contributed by atoms with E-state index in [0.717, 1.165) is 4.31 Å². The van der Waals surface area contributed by atoms with Gasteiger partial charge in [-0.1, -0.05) is 0 Å². The van der Waals surface area contributed by atoms with Gasteiger partial charge >= 0.3 is 0 Å². The van der Waals surface area contributed by atoms with E-state index >= 15 is 0 Å². The van der Waals surface area contributed by atoms with E-state index in [0.29, 0.717) is 12.1 Å². The van der Waals surface area contributed by atoms with Gasteiger partial charge in [-0.25, -0.2) is 12.7 Å². The minimum absolute atomic E-state index is 0.129. The molecule has 0 aliphatic rings. The van der Waals surface area contributed by atoms with Crippen molar-refractivity contribution in [1.82, 2.24) is 4.31 Å². The first-order valence-corrected chi connectivity index (χ1v) is 8.95. The van der Waals surface area contributed by atoms with Crippen LogP contribution in [0.3, 0.4) is 0 Å². The second-order valence-corrected chi connectivity index (χ2v) is 8.01. The normalized spacial score (nSPS) is 12.8. The highest BCUT2D eigenvalue weighted by Gasteiger charge is 2.20. The highest BCUT2D eigenvalue weighted by molar-refractivity contribution is 7.89. The van der Waals surface area contributed by atoms with Gasteiger partial charge in [0.05, 0.1) is 10.6 Å². The van der Waals surface area contributed by atoms with Gasteiger partial charge in [-0.3, -0.25) is 4.55 Å². The van der Waals surface area contributed by atoms with Crippen molar-refractivity contribution in [2.75, 3.05) is 25.1 Å². The van der Waals surface area contributed by atoms with Crippen molar-refractivity contribution in [3.8, 4) is 0 Å². The van der Waals surface area contributed by atoms with Crippen LogP contribution < -0.4 is 5.73 Å². The Morgan fingerprint density at radius 3 is 2.15 bits per heavy atom. The fourth-order valence-corrected chi connectivity index (χ4v) is 3.34. The number of sulfonamides is 1.